The van der Waals surface area contributed by atoms with Crippen molar-refractivity contribution in [1.82, 2.24) is 20.5 Å². The Labute approximate surface area is 200 Å². The Morgan fingerprint density at radius 3 is 2.76 bits per heavy atom. The van der Waals surface area contributed by atoms with Crippen LogP contribution in [0, 0.1) is 0 Å². The van der Waals surface area contributed by atoms with Gasteiger partial charge in [-0.15, -0.1) is 0 Å². The molecule has 182 valence electrons. The summed E-state index contributed by atoms with van der Waals surface area (Å²) in [5, 5.41) is 15.7. The van der Waals surface area contributed by atoms with Crippen molar-refractivity contribution in [2.45, 2.75) is 38.8 Å². The summed E-state index contributed by atoms with van der Waals surface area (Å²) >= 11 is 0. The van der Waals surface area contributed by atoms with Gasteiger partial charge in [0.1, 0.15) is 5.75 Å². The molecule has 9 nitrogen and oxygen atoms in total. The van der Waals surface area contributed by atoms with Crippen molar-refractivity contribution >= 4 is 17.7 Å². The van der Waals surface area contributed by atoms with E-state index in [0.717, 1.165) is 43.1 Å². The lowest BCUT2D eigenvalue weighted by Crippen LogP contribution is -2.52. The molecule has 34 heavy (non-hydrogen) atoms. The molecular weight excluding hydrogens is 434 g/mol. The van der Waals surface area contributed by atoms with Crippen LogP contribution >= 0.6 is 0 Å². The number of benzene rings is 1. The quantitative estimate of drug-likeness (QED) is 0.575. The van der Waals surface area contributed by atoms with Gasteiger partial charge in [-0.25, -0.2) is 9.78 Å². The van der Waals surface area contributed by atoms with Gasteiger partial charge >= 0.3 is 6.09 Å². The second-order valence-corrected chi connectivity index (χ2v) is 8.64. The highest BCUT2D eigenvalue weighted by atomic mass is 16.5. The third-order valence-electron chi connectivity index (χ3n) is 6.48. The number of para-hydroxylation sites is 1. The summed E-state index contributed by atoms with van der Waals surface area (Å²) < 4.78 is 5.79. The normalized spacial score (nSPS) is 20.3. The van der Waals surface area contributed by atoms with Crippen LogP contribution in [0.5, 0.6) is 5.75 Å². The number of piperazine rings is 1. The van der Waals surface area contributed by atoms with E-state index in [4.69, 9.17) is 9.72 Å². The molecule has 2 aliphatic rings. The van der Waals surface area contributed by atoms with Crippen molar-refractivity contribution in [3.8, 4) is 17.0 Å². The number of carbonyl (C=O) groups is 2. The average Bonchev–Trinajstić information content (AvgIpc) is 3.33. The number of ether oxygens (including phenoxy) is 1. The maximum absolute atomic E-state index is 13.5. The van der Waals surface area contributed by atoms with Crippen LogP contribution in [0.2, 0.25) is 0 Å². The molecule has 0 aliphatic carbocycles. The molecule has 2 aromatic rings. The zero-order chi connectivity index (χ0) is 24.1. The number of carboxylic acid groups (broad SMARTS) is 1. The molecule has 1 aromatic carbocycles. The number of likely N-dealkylation sites (tertiary alicyclic amines) is 1. The van der Waals surface area contributed by atoms with Crippen molar-refractivity contribution < 1.29 is 19.4 Å². The topological polar surface area (TPSA) is 107 Å². The molecule has 9 heteroatoms. The lowest BCUT2D eigenvalue weighted by molar-refractivity contribution is 0.0931. The number of rotatable bonds is 7. The second-order valence-electron chi connectivity index (χ2n) is 8.64. The Morgan fingerprint density at radius 2 is 2.03 bits per heavy atom. The van der Waals surface area contributed by atoms with E-state index >= 15 is 0 Å². The van der Waals surface area contributed by atoms with Crippen molar-refractivity contribution in [2.24, 2.45) is 0 Å². The second kappa shape index (κ2) is 10.7. The van der Waals surface area contributed by atoms with Crippen molar-refractivity contribution in [1.29, 1.82) is 0 Å². The fourth-order valence-corrected chi connectivity index (χ4v) is 4.71. The number of nitrogens with one attached hydrogen (secondary N) is 2. The van der Waals surface area contributed by atoms with Gasteiger partial charge in [0.05, 0.1) is 18.0 Å². The predicted octanol–water partition coefficient (Wildman–Crippen LogP) is 2.82. The fourth-order valence-electron chi connectivity index (χ4n) is 4.71. The van der Waals surface area contributed by atoms with Gasteiger partial charge in [-0.3, -0.25) is 4.79 Å². The Hall–Kier alpha value is -3.33. The predicted molar refractivity (Wildman–Crippen MR) is 131 cm³/mol. The van der Waals surface area contributed by atoms with E-state index in [1.54, 1.807) is 0 Å². The highest BCUT2D eigenvalue weighted by molar-refractivity contribution is 5.99. The Bertz CT molecular complexity index is 1030. The lowest BCUT2D eigenvalue weighted by Gasteiger charge is -2.38. The summed E-state index contributed by atoms with van der Waals surface area (Å²) in [5.74, 6) is 0.439. The Kier molecular flexibility index (Phi) is 7.52. The zero-order valence-corrected chi connectivity index (χ0v) is 19.8. The highest BCUT2D eigenvalue weighted by Gasteiger charge is 2.30. The highest BCUT2D eigenvalue weighted by Crippen LogP contribution is 2.32. The van der Waals surface area contributed by atoms with Crippen LogP contribution in [-0.4, -0.2) is 78.4 Å². The summed E-state index contributed by atoms with van der Waals surface area (Å²) in [7, 11) is 0. The number of nitrogens with zero attached hydrogens (tertiary/aromatic N) is 3. The van der Waals surface area contributed by atoms with Crippen LogP contribution in [0.25, 0.3) is 11.3 Å². The number of carbonyl (C=O) groups excluding carboxylic acids is 1. The maximum Gasteiger partial charge on any atom is 0.407 e. The van der Waals surface area contributed by atoms with Crippen molar-refractivity contribution in [3.63, 3.8) is 0 Å². The molecule has 3 N–H and O–H groups in total. The monoisotopic (exact) mass is 467 g/mol. The van der Waals surface area contributed by atoms with Crippen molar-refractivity contribution in [3.05, 3.63) is 42.1 Å². The molecule has 0 radical (unpaired) electrons. The maximum atomic E-state index is 13.5. The molecule has 2 unspecified atom stereocenters. The molecule has 2 aliphatic heterocycles. The third-order valence-corrected chi connectivity index (χ3v) is 6.48. The molecular formula is C25H33N5O4. The van der Waals surface area contributed by atoms with Crippen LogP contribution in [0.3, 0.4) is 0 Å². The third kappa shape index (κ3) is 5.09. The summed E-state index contributed by atoms with van der Waals surface area (Å²) in [6.45, 7) is 7.78. The van der Waals surface area contributed by atoms with Crippen LogP contribution in [0.15, 0.2) is 36.4 Å². The number of aromatic nitrogens is 1. The van der Waals surface area contributed by atoms with E-state index in [2.05, 4.69) is 22.5 Å². The Morgan fingerprint density at radius 1 is 1.21 bits per heavy atom. The molecule has 2 fully saturated rings. The molecule has 2 saturated heterocycles. The fraction of sp³-hybridized carbons (Fsp3) is 0.480. The smallest absolute Gasteiger partial charge is 0.407 e. The van der Waals surface area contributed by atoms with E-state index in [1.165, 1.54) is 4.90 Å². The summed E-state index contributed by atoms with van der Waals surface area (Å²) in [4.78, 5) is 33.2. The van der Waals surface area contributed by atoms with E-state index in [9.17, 15) is 14.7 Å². The molecule has 4 rings (SSSR count). The Balaban J connectivity index is 1.69. The molecule has 3 heterocycles. The zero-order valence-electron chi connectivity index (χ0n) is 19.8. The molecule has 0 saturated carbocycles. The van der Waals surface area contributed by atoms with Crippen molar-refractivity contribution in [2.75, 3.05) is 44.2 Å². The first kappa shape index (κ1) is 23.8. The van der Waals surface area contributed by atoms with Gasteiger partial charge in [0.25, 0.3) is 5.91 Å². The van der Waals surface area contributed by atoms with E-state index in [0.29, 0.717) is 31.0 Å². The first-order valence-corrected chi connectivity index (χ1v) is 12.0. The van der Waals surface area contributed by atoms with E-state index < -0.39 is 6.09 Å². The lowest BCUT2D eigenvalue weighted by atomic mass is 10.1. The summed E-state index contributed by atoms with van der Waals surface area (Å²) in [6.07, 6.45) is 0.571. The minimum Gasteiger partial charge on any atom is -0.493 e. The number of pyridine rings is 1. The van der Waals surface area contributed by atoms with Gasteiger partial charge in [-0.05, 0) is 44.0 Å². The SMILES string of the molecule is CCOc1ccccc1-c1ccc(N2CCNCC2CC)c(C(=O)NC2CCN(C(=O)O)C2)n1. The van der Waals surface area contributed by atoms with Gasteiger partial charge in [0.2, 0.25) is 0 Å². The van der Waals surface area contributed by atoms with E-state index in [-0.39, 0.29) is 24.5 Å². The molecule has 0 bridgehead atoms. The van der Waals surface area contributed by atoms with Crippen LogP contribution in [-0.2, 0) is 0 Å². The number of hydrogen-bond donors (Lipinski definition) is 3. The summed E-state index contributed by atoms with van der Waals surface area (Å²) in [6, 6.07) is 11.6. The molecule has 2 amide bonds. The van der Waals surface area contributed by atoms with E-state index in [1.807, 2.05) is 43.3 Å². The average molecular weight is 468 g/mol. The van der Waals surface area contributed by atoms with Gasteiger partial charge in [-0.1, -0.05) is 19.1 Å². The van der Waals surface area contributed by atoms with Gasteiger partial charge in [0, 0.05) is 50.4 Å². The summed E-state index contributed by atoms with van der Waals surface area (Å²) in [5.41, 5.74) is 2.66. The minimum atomic E-state index is -0.961. The minimum absolute atomic E-state index is 0.234. The number of anilines is 1. The molecule has 0 spiro atoms. The largest absolute Gasteiger partial charge is 0.493 e. The number of amides is 2. The van der Waals surface area contributed by atoms with Crippen LogP contribution < -0.4 is 20.3 Å². The van der Waals surface area contributed by atoms with Gasteiger partial charge < -0.3 is 30.3 Å². The standard InChI is InChI=1S/C25H33N5O4/c1-3-18-15-26-12-14-30(18)21-10-9-20(19-7-5-6-8-22(19)34-4-2)28-23(21)24(31)27-17-11-13-29(16-17)25(32)33/h5-10,17-18,26H,3-4,11-16H2,1-2H3,(H,27,31)(H,32,33). The molecule has 1 aromatic heterocycles. The van der Waals surface area contributed by atoms with Gasteiger partial charge in [-0.2, -0.15) is 0 Å². The first-order valence-electron chi connectivity index (χ1n) is 12.0. The molecule has 2 atom stereocenters. The van der Waals surface area contributed by atoms with Gasteiger partial charge in [0.15, 0.2) is 5.69 Å². The van der Waals surface area contributed by atoms with Crippen LogP contribution in [0.1, 0.15) is 37.2 Å². The first-order chi connectivity index (χ1) is 16.5. The number of hydrogen-bond acceptors (Lipinski definition) is 6. The van der Waals surface area contributed by atoms with Crippen LogP contribution in [0.4, 0.5) is 10.5 Å².